The fourth-order valence-corrected chi connectivity index (χ4v) is 3.68. The maximum absolute atomic E-state index is 13.2. The molecule has 0 saturated heterocycles. The predicted octanol–water partition coefficient (Wildman–Crippen LogP) is 4.42. The van der Waals surface area contributed by atoms with Crippen molar-refractivity contribution in [3.63, 3.8) is 0 Å². The van der Waals surface area contributed by atoms with E-state index in [1.165, 1.54) is 0 Å². The van der Waals surface area contributed by atoms with Gasteiger partial charge in [0.25, 0.3) is 0 Å². The van der Waals surface area contributed by atoms with E-state index in [1.54, 1.807) is 19.1 Å². The van der Waals surface area contributed by atoms with Crippen LogP contribution in [0.1, 0.15) is 61.9 Å². The van der Waals surface area contributed by atoms with Gasteiger partial charge < -0.3 is 10.1 Å². The molecule has 0 radical (unpaired) electrons. The highest BCUT2D eigenvalue weighted by Gasteiger charge is 2.47. The minimum atomic E-state index is -0.493. The van der Waals surface area contributed by atoms with E-state index in [9.17, 15) is 9.59 Å². The van der Waals surface area contributed by atoms with E-state index in [-0.39, 0.29) is 12.5 Å². The molecule has 1 amide bonds. The minimum absolute atomic E-state index is 0.0571. The summed E-state index contributed by atoms with van der Waals surface area (Å²) in [5.74, 6) is -0.534. The molecule has 0 aliphatic heterocycles. The molecule has 1 fully saturated rings. The van der Waals surface area contributed by atoms with Crippen LogP contribution in [0.25, 0.3) is 0 Å². The molecule has 0 atom stereocenters. The molecule has 0 heterocycles. The molecule has 1 N–H and O–H groups in total. The first kappa shape index (κ1) is 20.7. The van der Waals surface area contributed by atoms with Crippen LogP contribution in [-0.2, 0) is 9.53 Å². The smallest absolute Gasteiger partial charge is 0.340 e. The third-order valence-electron chi connectivity index (χ3n) is 5.22. The Labute approximate surface area is 161 Å². The molecule has 1 aromatic carbocycles. The SMILES string of the molecule is CCCCN(C)C1(C(=O)Nc2c(C)cc(Cl)cc2C(=O)OCC)CCC1. The third-order valence-corrected chi connectivity index (χ3v) is 5.43. The summed E-state index contributed by atoms with van der Waals surface area (Å²) in [6.45, 7) is 6.87. The molecule has 1 aliphatic carbocycles. The normalized spacial score (nSPS) is 15.5. The number of carbonyl (C=O) groups is 2. The number of nitrogens with zero attached hydrogens (tertiary/aromatic N) is 1. The summed E-state index contributed by atoms with van der Waals surface area (Å²) in [5.41, 5.74) is 1.05. The van der Waals surface area contributed by atoms with Crippen molar-refractivity contribution in [2.45, 2.75) is 58.4 Å². The molecule has 6 heteroatoms. The van der Waals surface area contributed by atoms with E-state index in [0.717, 1.165) is 44.2 Å². The van der Waals surface area contributed by atoms with Gasteiger partial charge in [0.15, 0.2) is 0 Å². The Hall–Kier alpha value is -1.59. The van der Waals surface area contributed by atoms with Crippen molar-refractivity contribution in [1.29, 1.82) is 0 Å². The van der Waals surface area contributed by atoms with Crippen LogP contribution in [0.2, 0.25) is 5.02 Å². The van der Waals surface area contributed by atoms with Crippen molar-refractivity contribution in [2.75, 3.05) is 25.5 Å². The molecule has 26 heavy (non-hydrogen) atoms. The minimum Gasteiger partial charge on any atom is -0.462 e. The number of esters is 1. The van der Waals surface area contributed by atoms with E-state index in [0.29, 0.717) is 16.3 Å². The summed E-state index contributed by atoms with van der Waals surface area (Å²) in [7, 11) is 2.01. The van der Waals surface area contributed by atoms with Crippen LogP contribution in [0.3, 0.4) is 0 Å². The number of carbonyl (C=O) groups excluding carboxylic acids is 2. The molecule has 0 aromatic heterocycles. The molecule has 1 aromatic rings. The molecule has 144 valence electrons. The predicted molar refractivity (Wildman–Crippen MR) is 105 cm³/mol. The monoisotopic (exact) mass is 380 g/mol. The van der Waals surface area contributed by atoms with Gasteiger partial charge in [-0.05, 0) is 70.8 Å². The Morgan fingerprint density at radius 3 is 2.54 bits per heavy atom. The van der Waals surface area contributed by atoms with E-state index >= 15 is 0 Å². The number of hydrogen-bond donors (Lipinski definition) is 1. The summed E-state index contributed by atoms with van der Waals surface area (Å²) in [6, 6.07) is 3.30. The highest BCUT2D eigenvalue weighted by molar-refractivity contribution is 6.31. The molecule has 0 spiro atoms. The first-order valence-corrected chi connectivity index (χ1v) is 9.73. The quantitative estimate of drug-likeness (QED) is 0.678. The summed E-state index contributed by atoms with van der Waals surface area (Å²) >= 11 is 6.11. The van der Waals surface area contributed by atoms with Crippen LogP contribution >= 0.6 is 11.6 Å². The standard InChI is InChI=1S/C20H29ClN2O3/c1-5-7-11-23(4)20(9-8-10-20)19(25)22-17-14(3)12-15(21)13-16(17)18(24)26-6-2/h12-13H,5-11H2,1-4H3,(H,22,25). The fourth-order valence-electron chi connectivity index (χ4n) is 3.41. The number of hydrogen-bond acceptors (Lipinski definition) is 4. The van der Waals surface area contributed by atoms with Crippen molar-refractivity contribution in [3.8, 4) is 0 Å². The number of rotatable bonds is 8. The molecular weight excluding hydrogens is 352 g/mol. The number of unbranched alkanes of at least 4 members (excludes halogenated alkanes) is 1. The van der Waals surface area contributed by atoms with E-state index in [2.05, 4.69) is 17.1 Å². The van der Waals surface area contributed by atoms with Gasteiger partial charge in [-0.2, -0.15) is 0 Å². The summed E-state index contributed by atoms with van der Waals surface area (Å²) in [5, 5.41) is 3.45. The first-order valence-electron chi connectivity index (χ1n) is 9.35. The highest BCUT2D eigenvalue weighted by Crippen LogP contribution is 2.39. The average molecular weight is 381 g/mol. The van der Waals surface area contributed by atoms with Gasteiger partial charge in [-0.3, -0.25) is 9.69 Å². The average Bonchev–Trinajstić information content (AvgIpc) is 2.54. The van der Waals surface area contributed by atoms with Crippen LogP contribution < -0.4 is 5.32 Å². The number of likely N-dealkylation sites (N-methyl/N-ethyl adjacent to an activating group) is 1. The maximum atomic E-state index is 13.2. The second-order valence-electron chi connectivity index (χ2n) is 6.98. The molecule has 1 aliphatic rings. The van der Waals surface area contributed by atoms with E-state index < -0.39 is 11.5 Å². The van der Waals surface area contributed by atoms with Crippen molar-refractivity contribution >= 4 is 29.2 Å². The van der Waals surface area contributed by atoms with Gasteiger partial charge in [0.1, 0.15) is 5.54 Å². The lowest BCUT2D eigenvalue weighted by Crippen LogP contribution is -2.60. The number of benzene rings is 1. The van der Waals surface area contributed by atoms with E-state index in [4.69, 9.17) is 16.3 Å². The van der Waals surface area contributed by atoms with Crippen LogP contribution in [0.4, 0.5) is 5.69 Å². The van der Waals surface area contributed by atoms with Crippen molar-refractivity contribution < 1.29 is 14.3 Å². The number of amides is 1. The van der Waals surface area contributed by atoms with Gasteiger partial charge in [-0.15, -0.1) is 0 Å². The number of anilines is 1. The molecule has 0 bridgehead atoms. The van der Waals surface area contributed by atoms with E-state index in [1.807, 2.05) is 14.0 Å². The van der Waals surface area contributed by atoms with Crippen LogP contribution in [0.15, 0.2) is 12.1 Å². The lowest BCUT2D eigenvalue weighted by molar-refractivity contribution is -0.133. The molecule has 5 nitrogen and oxygen atoms in total. The number of ether oxygens (including phenoxy) is 1. The lowest BCUT2D eigenvalue weighted by atomic mass is 9.74. The summed E-state index contributed by atoms with van der Waals surface area (Å²) < 4.78 is 5.13. The number of nitrogens with one attached hydrogen (secondary N) is 1. The largest absolute Gasteiger partial charge is 0.462 e. The Morgan fingerprint density at radius 1 is 1.31 bits per heavy atom. The Bertz CT molecular complexity index is 671. The molecule has 1 saturated carbocycles. The van der Waals surface area contributed by atoms with Crippen LogP contribution in [0, 0.1) is 6.92 Å². The zero-order valence-corrected chi connectivity index (χ0v) is 16.9. The Morgan fingerprint density at radius 2 is 2.00 bits per heavy atom. The second kappa shape index (κ2) is 8.87. The zero-order chi connectivity index (χ0) is 19.3. The molecule has 0 unspecified atom stereocenters. The van der Waals surface area contributed by atoms with Crippen molar-refractivity contribution in [3.05, 3.63) is 28.3 Å². The summed E-state index contributed by atoms with van der Waals surface area (Å²) in [6.07, 6.45) is 4.85. The van der Waals surface area contributed by atoms with Gasteiger partial charge in [-0.1, -0.05) is 24.9 Å². The van der Waals surface area contributed by atoms with Gasteiger partial charge in [0.2, 0.25) is 5.91 Å². The second-order valence-corrected chi connectivity index (χ2v) is 7.42. The zero-order valence-electron chi connectivity index (χ0n) is 16.2. The van der Waals surface area contributed by atoms with Crippen LogP contribution in [0.5, 0.6) is 0 Å². The van der Waals surface area contributed by atoms with Crippen molar-refractivity contribution in [1.82, 2.24) is 4.90 Å². The lowest BCUT2D eigenvalue weighted by Gasteiger charge is -2.47. The van der Waals surface area contributed by atoms with Gasteiger partial charge in [-0.25, -0.2) is 4.79 Å². The topological polar surface area (TPSA) is 58.6 Å². The van der Waals surface area contributed by atoms with Crippen molar-refractivity contribution in [2.24, 2.45) is 0 Å². The third kappa shape index (κ3) is 4.21. The van der Waals surface area contributed by atoms with Gasteiger partial charge >= 0.3 is 5.97 Å². The van der Waals surface area contributed by atoms with Gasteiger partial charge in [0, 0.05) is 5.02 Å². The first-order chi connectivity index (χ1) is 12.4. The number of halogens is 1. The van der Waals surface area contributed by atoms with Crippen LogP contribution in [-0.4, -0.2) is 42.5 Å². The number of aryl methyl sites for hydroxylation is 1. The highest BCUT2D eigenvalue weighted by atomic mass is 35.5. The molecular formula is C20H29ClN2O3. The summed E-state index contributed by atoms with van der Waals surface area (Å²) in [4.78, 5) is 27.6. The Kier molecular flexibility index (Phi) is 7.07. The molecule has 2 rings (SSSR count). The van der Waals surface area contributed by atoms with Gasteiger partial charge in [0.05, 0.1) is 17.9 Å². The maximum Gasteiger partial charge on any atom is 0.340 e. The Balaban J connectivity index is 2.29. The fraction of sp³-hybridized carbons (Fsp3) is 0.600.